The molecule has 0 aliphatic carbocycles. The predicted octanol–water partition coefficient (Wildman–Crippen LogP) is 7.66. The lowest BCUT2D eigenvalue weighted by Crippen LogP contribution is -2.67. The second kappa shape index (κ2) is 13.9. The Morgan fingerprint density at radius 1 is 1.00 bits per heavy atom. The normalized spacial score (nSPS) is 28.9. The van der Waals surface area contributed by atoms with Gasteiger partial charge in [-0.25, -0.2) is 0 Å². The van der Waals surface area contributed by atoms with Crippen LogP contribution in [0.25, 0.3) is 0 Å². The zero-order valence-corrected chi connectivity index (χ0v) is 30.0. The van der Waals surface area contributed by atoms with Crippen LogP contribution in [0.5, 0.6) is 0 Å². The lowest BCUT2D eigenvalue weighted by molar-refractivity contribution is -0.316. The Balaban J connectivity index is 1.60. The molecule has 0 saturated carbocycles. The van der Waals surface area contributed by atoms with Gasteiger partial charge in [-0.1, -0.05) is 131 Å². The number of alkyl halides is 1. The van der Waals surface area contributed by atoms with Crippen LogP contribution in [0.1, 0.15) is 80.6 Å². The third kappa shape index (κ3) is 7.26. The summed E-state index contributed by atoms with van der Waals surface area (Å²) in [7, 11) is -2.64. The number of rotatable bonds is 11. The quantitative estimate of drug-likeness (QED) is 0.113. The van der Waals surface area contributed by atoms with Crippen molar-refractivity contribution in [3.63, 3.8) is 0 Å². The minimum atomic E-state index is -2.64. The average Bonchev–Trinajstić information content (AvgIpc) is 2.97. The number of benzene rings is 2. The summed E-state index contributed by atoms with van der Waals surface area (Å²) in [5.41, 5.74) is -0.667. The van der Waals surface area contributed by atoms with Crippen LogP contribution in [-0.2, 0) is 13.9 Å². The van der Waals surface area contributed by atoms with Crippen molar-refractivity contribution >= 4 is 41.3 Å². The molecule has 4 rings (SSSR count). The highest BCUT2D eigenvalue weighted by Crippen LogP contribution is 2.46. The van der Waals surface area contributed by atoms with Gasteiger partial charge in [0.15, 0.2) is 5.79 Å². The van der Waals surface area contributed by atoms with Crippen LogP contribution in [0.4, 0.5) is 0 Å². The molecule has 232 valence electrons. The van der Waals surface area contributed by atoms with Crippen molar-refractivity contribution in [1.29, 1.82) is 0 Å². The molecular formula is C36H53IO4Si. The molecule has 42 heavy (non-hydrogen) atoms. The molecule has 1 N–H and O–H groups in total. The molecule has 1 fully saturated rings. The second-order valence-electron chi connectivity index (χ2n) is 14.1. The van der Waals surface area contributed by atoms with Gasteiger partial charge in [-0.3, -0.25) is 0 Å². The summed E-state index contributed by atoms with van der Waals surface area (Å²) in [6, 6.07) is 21.8. The Morgan fingerprint density at radius 3 is 2.12 bits per heavy atom. The van der Waals surface area contributed by atoms with Crippen LogP contribution < -0.4 is 10.4 Å². The fourth-order valence-corrected chi connectivity index (χ4v) is 12.1. The van der Waals surface area contributed by atoms with Crippen molar-refractivity contribution in [2.24, 2.45) is 17.8 Å². The highest BCUT2D eigenvalue weighted by atomic mass is 127. The van der Waals surface area contributed by atoms with Crippen LogP contribution in [-0.4, -0.2) is 48.1 Å². The molecule has 0 amide bonds. The zero-order chi connectivity index (χ0) is 30.6. The molecule has 7 atom stereocenters. The van der Waals surface area contributed by atoms with E-state index in [9.17, 15) is 5.11 Å². The van der Waals surface area contributed by atoms with Gasteiger partial charge in [-0.05, 0) is 66.4 Å². The largest absolute Gasteiger partial charge is 0.407 e. The van der Waals surface area contributed by atoms with Crippen molar-refractivity contribution in [1.82, 2.24) is 0 Å². The van der Waals surface area contributed by atoms with Crippen LogP contribution in [0.15, 0.2) is 72.8 Å². The molecule has 0 radical (unpaired) electrons. The minimum Gasteiger partial charge on any atom is -0.407 e. The molecule has 4 nitrogen and oxygen atoms in total. The summed E-state index contributed by atoms with van der Waals surface area (Å²) in [5.74, 6) is 0.169. The maximum atomic E-state index is 10.6. The van der Waals surface area contributed by atoms with E-state index >= 15 is 0 Å². The van der Waals surface area contributed by atoms with Crippen molar-refractivity contribution in [3.8, 4) is 0 Å². The van der Waals surface area contributed by atoms with Crippen molar-refractivity contribution in [2.75, 3.05) is 11.0 Å². The molecule has 2 aliphatic rings. The minimum absolute atomic E-state index is 0.0327. The number of hydrogen-bond donors (Lipinski definition) is 1. The Labute approximate surface area is 269 Å². The monoisotopic (exact) mass is 704 g/mol. The third-order valence-electron chi connectivity index (χ3n) is 9.61. The van der Waals surface area contributed by atoms with E-state index in [4.69, 9.17) is 13.9 Å². The fourth-order valence-electron chi connectivity index (χ4n) is 7.10. The zero-order valence-electron chi connectivity index (χ0n) is 26.8. The van der Waals surface area contributed by atoms with Gasteiger partial charge in [-0.15, -0.1) is 0 Å². The predicted molar refractivity (Wildman–Crippen MR) is 185 cm³/mol. The van der Waals surface area contributed by atoms with Gasteiger partial charge in [0.25, 0.3) is 8.32 Å². The molecular weight excluding hydrogens is 651 g/mol. The molecule has 6 heteroatoms. The van der Waals surface area contributed by atoms with Crippen LogP contribution in [0.2, 0.25) is 5.04 Å². The summed E-state index contributed by atoms with van der Waals surface area (Å²) in [5, 5.41) is 13.2. The third-order valence-corrected chi connectivity index (χ3v) is 16.3. The molecule has 2 aromatic carbocycles. The van der Waals surface area contributed by atoms with E-state index in [1.54, 1.807) is 0 Å². The van der Waals surface area contributed by atoms with E-state index in [1.165, 1.54) is 10.4 Å². The molecule has 0 aromatic heterocycles. The number of aliphatic hydroxyl groups is 1. The van der Waals surface area contributed by atoms with Crippen LogP contribution >= 0.6 is 22.6 Å². The van der Waals surface area contributed by atoms with E-state index in [2.05, 4.69) is 137 Å². The first-order valence-corrected chi connectivity index (χ1v) is 19.4. The molecule has 0 unspecified atom stereocenters. The Morgan fingerprint density at radius 2 is 1.60 bits per heavy atom. The van der Waals surface area contributed by atoms with Gasteiger partial charge in [0.1, 0.15) is 0 Å². The average molecular weight is 705 g/mol. The molecule has 2 aliphatic heterocycles. The van der Waals surface area contributed by atoms with Crippen LogP contribution in [0, 0.1) is 17.8 Å². The van der Waals surface area contributed by atoms with Crippen molar-refractivity contribution in [2.45, 2.75) is 109 Å². The highest BCUT2D eigenvalue weighted by Gasteiger charge is 2.52. The van der Waals surface area contributed by atoms with Crippen LogP contribution in [0.3, 0.4) is 0 Å². The lowest BCUT2D eigenvalue weighted by atomic mass is 9.78. The van der Waals surface area contributed by atoms with Gasteiger partial charge in [0.05, 0.1) is 17.8 Å². The molecule has 1 spiro atoms. The first-order valence-electron chi connectivity index (χ1n) is 15.9. The molecule has 2 heterocycles. The molecule has 2 aromatic rings. The smallest absolute Gasteiger partial charge is 0.261 e. The Kier molecular flexibility index (Phi) is 11.2. The maximum Gasteiger partial charge on any atom is 0.261 e. The first kappa shape index (κ1) is 33.9. The van der Waals surface area contributed by atoms with Gasteiger partial charge < -0.3 is 19.0 Å². The topological polar surface area (TPSA) is 47.9 Å². The summed E-state index contributed by atoms with van der Waals surface area (Å²) in [6.45, 7) is 16.5. The Bertz CT molecular complexity index is 1110. The summed E-state index contributed by atoms with van der Waals surface area (Å²) < 4.78 is 22.1. The summed E-state index contributed by atoms with van der Waals surface area (Å²) >= 11 is 2.27. The van der Waals surface area contributed by atoms with E-state index in [1.807, 2.05) is 6.92 Å². The summed E-state index contributed by atoms with van der Waals surface area (Å²) in [4.78, 5) is 0. The van der Waals surface area contributed by atoms with Crippen molar-refractivity contribution in [3.05, 3.63) is 72.8 Å². The summed E-state index contributed by atoms with van der Waals surface area (Å²) in [6.07, 6.45) is 8.94. The van der Waals surface area contributed by atoms with Gasteiger partial charge in [0, 0.05) is 22.9 Å². The van der Waals surface area contributed by atoms with Crippen molar-refractivity contribution < 1.29 is 19.0 Å². The highest BCUT2D eigenvalue weighted by molar-refractivity contribution is 14.1. The van der Waals surface area contributed by atoms with E-state index in [-0.39, 0.29) is 29.1 Å². The fraction of sp³-hybridized carbons (Fsp3) is 0.611. The van der Waals surface area contributed by atoms with Gasteiger partial charge in [-0.2, -0.15) is 0 Å². The lowest BCUT2D eigenvalue weighted by Gasteiger charge is -2.51. The number of ether oxygens (including phenoxy) is 2. The SMILES string of the molecule is CC[C@@H](CO[Si](c1ccccc1)(c1ccccc1)C(C)(C)C)[C@H]1O[C@@]2(C=CC[C@@H](CC[C@](C)(O)CI)O2)[C@H](C)C[C@@H]1C. The van der Waals surface area contributed by atoms with Gasteiger partial charge in [0.2, 0.25) is 0 Å². The van der Waals surface area contributed by atoms with Gasteiger partial charge >= 0.3 is 0 Å². The molecule has 0 bridgehead atoms. The number of halogens is 1. The second-order valence-corrected chi connectivity index (χ2v) is 19.2. The standard InChI is InChI=1S/C36H53IO4Si/c1-8-29(25-39-42(34(4,5)6,31-17-11-9-12-18-31)32-19-13-10-14-20-32)33-27(2)24-28(3)36(41-33)22-15-16-30(40-36)21-23-35(7,38)26-37/h9-15,17-20,22,27-30,33,38H,8,16,21,23-26H2,1-7H3/t27-,28+,29-,30-,33-,35-,36-/m0/s1. The van der Waals surface area contributed by atoms with E-state index < -0.39 is 19.7 Å². The van der Waals surface area contributed by atoms with E-state index in [0.29, 0.717) is 17.0 Å². The number of hydrogen-bond acceptors (Lipinski definition) is 4. The Hall–Kier alpha value is -1.03. The first-order chi connectivity index (χ1) is 19.9. The maximum absolute atomic E-state index is 10.6. The van der Waals surface area contributed by atoms with E-state index in [0.717, 1.165) is 32.1 Å². The molecule has 1 saturated heterocycles.